The van der Waals surface area contributed by atoms with Crippen LogP contribution in [0.1, 0.15) is 56.9 Å². The quantitative estimate of drug-likeness (QED) is 0.626. The molecule has 1 heterocycles. The number of nitrogens with zero attached hydrogens (tertiary/aromatic N) is 1. The highest BCUT2D eigenvalue weighted by molar-refractivity contribution is 7.09. The Morgan fingerprint density at radius 3 is 2.56 bits per heavy atom. The molecule has 0 aliphatic heterocycles. The van der Waals surface area contributed by atoms with Crippen LogP contribution in [0.3, 0.4) is 0 Å². The number of rotatable bonds is 10. The van der Waals surface area contributed by atoms with Crippen molar-refractivity contribution in [2.45, 2.75) is 58.4 Å². The summed E-state index contributed by atoms with van der Waals surface area (Å²) < 4.78 is 0. The molecule has 92 valence electrons. The summed E-state index contributed by atoms with van der Waals surface area (Å²) in [5.41, 5.74) is 0. The first kappa shape index (κ1) is 13.7. The summed E-state index contributed by atoms with van der Waals surface area (Å²) in [6, 6.07) is 0. The number of unbranched alkanes of at least 4 members (excludes halogenated alkanes) is 6. The Morgan fingerprint density at radius 1 is 1.12 bits per heavy atom. The predicted molar refractivity (Wildman–Crippen MR) is 71.8 cm³/mol. The fourth-order valence-electron chi connectivity index (χ4n) is 1.74. The first-order valence-corrected chi connectivity index (χ1v) is 7.40. The van der Waals surface area contributed by atoms with Gasteiger partial charge < -0.3 is 5.32 Å². The van der Waals surface area contributed by atoms with Gasteiger partial charge in [0.25, 0.3) is 0 Å². The Bertz CT molecular complexity index is 234. The molecule has 0 unspecified atom stereocenters. The lowest BCUT2D eigenvalue weighted by Gasteiger charge is -2.02. The molecule has 0 atom stereocenters. The van der Waals surface area contributed by atoms with Crippen molar-refractivity contribution in [3.63, 3.8) is 0 Å². The van der Waals surface area contributed by atoms with Gasteiger partial charge in [0, 0.05) is 18.1 Å². The lowest BCUT2D eigenvalue weighted by Crippen LogP contribution is -2.14. The summed E-state index contributed by atoms with van der Waals surface area (Å²) in [4.78, 5) is 4.24. The van der Waals surface area contributed by atoms with Crippen LogP contribution < -0.4 is 5.32 Å². The highest BCUT2D eigenvalue weighted by Gasteiger charge is 1.94. The van der Waals surface area contributed by atoms with Crippen molar-refractivity contribution in [2.24, 2.45) is 0 Å². The van der Waals surface area contributed by atoms with E-state index >= 15 is 0 Å². The van der Waals surface area contributed by atoms with E-state index in [4.69, 9.17) is 0 Å². The Morgan fingerprint density at radius 2 is 1.88 bits per heavy atom. The van der Waals surface area contributed by atoms with E-state index in [1.165, 1.54) is 50.0 Å². The Labute approximate surface area is 103 Å². The van der Waals surface area contributed by atoms with E-state index in [2.05, 4.69) is 17.2 Å². The van der Waals surface area contributed by atoms with Gasteiger partial charge in [-0.2, -0.15) is 0 Å². The second-order valence-electron chi connectivity index (χ2n) is 4.22. The molecule has 0 aromatic carbocycles. The molecule has 1 N–H and O–H groups in total. The van der Waals surface area contributed by atoms with Crippen LogP contribution in [-0.2, 0) is 6.54 Å². The summed E-state index contributed by atoms with van der Waals surface area (Å²) in [5, 5.41) is 6.67. The average Bonchev–Trinajstić information content (AvgIpc) is 2.80. The summed E-state index contributed by atoms with van der Waals surface area (Å²) in [6.45, 7) is 4.34. The van der Waals surface area contributed by atoms with E-state index in [0.717, 1.165) is 13.1 Å². The number of nitrogens with one attached hydrogen (secondary N) is 1. The lowest BCUT2D eigenvalue weighted by molar-refractivity contribution is 0.562. The summed E-state index contributed by atoms with van der Waals surface area (Å²) in [5.74, 6) is 0. The maximum Gasteiger partial charge on any atom is 0.106 e. The summed E-state index contributed by atoms with van der Waals surface area (Å²) in [7, 11) is 0. The number of hydrogen-bond donors (Lipinski definition) is 1. The van der Waals surface area contributed by atoms with Gasteiger partial charge in [0.1, 0.15) is 5.01 Å². The highest BCUT2D eigenvalue weighted by Crippen LogP contribution is 2.06. The van der Waals surface area contributed by atoms with Gasteiger partial charge in [-0.1, -0.05) is 45.4 Å². The maximum atomic E-state index is 4.24. The standard InChI is InChI=1S/C13H24N2S/c1-2-3-4-5-6-7-8-9-14-12-13-15-10-11-16-13/h10-11,14H,2-9,12H2,1H3. The topological polar surface area (TPSA) is 24.9 Å². The molecule has 0 aliphatic carbocycles. The molecule has 0 saturated heterocycles. The first-order chi connectivity index (χ1) is 7.93. The van der Waals surface area contributed by atoms with Gasteiger partial charge in [-0.15, -0.1) is 11.3 Å². The molecule has 1 aromatic rings. The number of thiazole rings is 1. The molecule has 16 heavy (non-hydrogen) atoms. The molecular formula is C13H24N2S. The van der Waals surface area contributed by atoms with Crippen molar-refractivity contribution in [1.29, 1.82) is 0 Å². The van der Waals surface area contributed by atoms with Crippen LogP contribution in [0, 0.1) is 0 Å². The summed E-state index contributed by atoms with van der Waals surface area (Å²) in [6.07, 6.45) is 11.5. The van der Waals surface area contributed by atoms with E-state index in [9.17, 15) is 0 Å². The van der Waals surface area contributed by atoms with Crippen LogP contribution in [0.2, 0.25) is 0 Å². The van der Waals surface area contributed by atoms with Crippen molar-refractivity contribution < 1.29 is 0 Å². The number of hydrogen-bond acceptors (Lipinski definition) is 3. The monoisotopic (exact) mass is 240 g/mol. The largest absolute Gasteiger partial charge is 0.310 e. The second kappa shape index (κ2) is 9.79. The van der Waals surface area contributed by atoms with Crippen LogP contribution in [0.4, 0.5) is 0 Å². The minimum atomic E-state index is 0.938. The normalized spacial score (nSPS) is 10.8. The third-order valence-corrected chi connectivity index (χ3v) is 3.50. The minimum Gasteiger partial charge on any atom is -0.310 e. The molecular weight excluding hydrogens is 216 g/mol. The maximum absolute atomic E-state index is 4.24. The molecule has 3 heteroatoms. The minimum absolute atomic E-state index is 0.938. The number of aromatic nitrogens is 1. The van der Waals surface area contributed by atoms with Crippen molar-refractivity contribution >= 4 is 11.3 Å². The second-order valence-corrected chi connectivity index (χ2v) is 5.20. The molecule has 1 rings (SSSR count). The molecule has 0 bridgehead atoms. The van der Waals surface area contributed by atoms with Gasteiger partial charge in [-0.05, 0) is 13.0 Å². The van der Waals surface area contributed by atoms with E-state index < -0.39 is 0 Å². The zero-order valence-electron chi connectivity index (χ0n) is 10.4. The van der Waals surface area contributed by atoms with E-state index in [1.54, 1.807) is 11.3 Å². The van der Waals surface area contributed by atoms with Gasteiger partial charge >= 0.3 is 0 Å². The SMILES string of the molecule is CCCCCCCCCNCc1nccs1. The fraction of sp³-hybridized carbons (Fsp3) is 0.769. The smallest absolute Gasteiger partial charge is 0.106 e. The van der Waals surface area contributed by atoms with Gasteiger partial charge in [-0.25, -0.2) is 4.98 Å². The Hall–Kier alpha value is -0.410. The van der Waals surface area contributed by atoms with Crippen molar-refractivity contribution in [2.75, 3.05) is 6.54 Å². The van der Waals surface area contributed by atoms with Gasteiger partial charge in [0.05, 0.1) is 0 Å². The van der Waals surface area contributed by atoms with E-state index in [-0.39, 0.29) is 0 Å². The molecule has 0 saturated carbocycles. The van der Waals surface area contributed by atoms with Crippen LogP contribution in [0.5, 0.6) is 0 Å². The third kappa shape index (κ3) is 6.96. The zero-order valence-corrected chi connectivity index (χ0v) is 11.2. The lowest BCUT2D eigenvalue weighted by atomic mass is 10.1. The van der Waals surface area contributed by atoms with E-state index in [1.807, 2.05) is 11.6 Å². The van der Waals surface area contributed by atoms with Crippen molar-refractivity contribution in [3.8, 4) is 0 Å². The third-order valence-electron chi connectivity index (χ3n) is 2.72. The van der Waals surface area contributed by atoms with Crippen molar-refractivity contribution in [1.82, 2.24) is 10.3 Å². The molecule has 0 radical (unpaired) electrons. The first-order valence-electron chi connectivity index (χ1n) is 6.52. The molecule has 1 aromatic heterocycles. The predicted octanol–water partition coefficient (Wildman–Crippen LogP) is 3.98. The van der Waals surface area contributed by atoms with E-state index in [0.29, 0.717) is 0 Å². The van der Waals surface area contributed by atoms with Crippen LogP contribution in [0.25, 0.3) is 0 Å². The van der Waals surface area contributed by atoms with Gasteiger partial charge in [0.15, 0.2) is 0 Å². The molecule has 0 aliphatic rings. The van der Waals surface area contributed by atoms with Crippen molar-refractivity contribution in [3.05, 3.63) is 16.6 Å². The van der Waals surface area contributed by atoms with Gasteiger partial charge in [0.2, 0.25) is 0 Å². The van der Waals surface area contributed by atoms with Crippen LogP contribution >= 0.6 is 11.3 Å². The Kier molecular flexibility index (Phi) is 8.35. The molecule has 0 spiro atoms. The Balaban J connectivity index is 1.78. The average molecular weight is 240 g/mol. The van der Waals surface area contributed by atoms with Crippen LogP contribution in [0.15, 0.2) is 11.6 Å². The zero-order chi connectivity index (χ0) is 11.5. The molecule has 0 amide bonds. The summed E-state index contributed by atoms with van der Waals surface area (Å²) >= 11 is 1.73. The van der Waals surface area contributed by atoms with Gasteiger partial charge in [-0.3, -0.25) is 0 Å². The van der Waals surface area contributed by atoms with Crippen LogP contribution in [-0.4, -0.2) is 11.5 Å². The molecule has 2 nitrogen and oxygen atoms in total. The fourth-order valence-corrected chi connectivity index (χ4v) is 2.33. The highest BCUT2D eigenvalue weighted by atomic mass is 32.1. The molecule has 0 fully saturated rings.